The summed E-state index contributed by atoms with van der Waals surface area (Å²) in [6.45, 7) is 1.65. The molecule has 0 spiro atoms. The van der Waals surface area contributed by atoms with Gasteiger partial charge in [-0.25, -0.2) is 0 Å². The second kappa shape index (κ2) is 5.50. The van der Waals surface area contributed by atoms with E-state index >= 15 is 0 Å². The van der Waals surface area contributed by atoms with Gasteiger partial charge in [0.15, 0.2) is 0 Å². The third-order valence-electron chi connectivity index (χ3n) is 1.63. The van der Waals surface area contributed by atoms with Gasteiger partial charge in [-0.3, -0.25) is 4.98 Å². The minimum Gasteiger partial charge on any atom is -0.506 e. The Morgan fingerprint density at radius 1 is 1.38 bits per heavy atom. The van der Waals surface area contributed by atoms with Crippen molar-refractivity contribution in [3.05, 3.63) is 24.0 Å². The largest absolute Gasteiger partial charge is 0.506 e. The average Bonchev–Trinajstić information content (AvgIpc) is 2.15. The van der Waals surface area contributed by atoms with Crippen molar-refractivity contribution in [2.24, 2.45) is 0 Å². The van der Waals surface area contributed by atoms with Crippen molar-refractivity contribution in [3.8, 4) is 5.75 Å². The standard InChI is InChI=1S/C9H14N2O2/c12-5-1-4-10-6-8-2-3-9(13)7-11-8/h2-3,7,10,12-13H,1,4-6H2. The van der Waals surface area contributed by atoms with E-state index in [1.165, 1.54) is 6.20 Å². The van der Waals surface area contributed by atoms with Gasteiger partial charge >= 0.3 is 0 Å². The van der Waals surface area contributed by atoms with Gasteiger partial charge in [0.05, 0.1) is 11.9 Å². The number of rotatable bonds is 5. The molecule has 3 N–H and O–H groups in total. The molecular formula is C9H14N2O2. The van der Waals surface area contributed by atoms with Crippen LogP contribution in [0.5, 0.6) is 5.75 Å². The van der Waals surface area contributed by atoms with Crippen LogP contribution in [0.25, 0.3) is 0 Å². The fourth-order valence-corrected chi connectivity index (χ4v) is 0.942. The van der Waals surface area contributed by atoms with Gasteiger partial charge in [-0.1, -0.05) is 0 Å². The molecule has 0 saturated carbocycles. The smallest absolute Gasteiger partial charge is 0.133 e. The molecule has 4 heteroatoms. The van der Waals surface area contributed by atoms with Gasteiger partial charge in [-0.15, -0.1) is 0 Å². The SMILES string of the molecule is OCCCNCc1ccc(O)cn1. The third-order valence-corrected chi connectivity index (χ3v) is 1.63. The quantitative estimate of drug-likeness (QED) is 0.571. The number of pyridine rings is 1. The Balaban J connectivity index is 2.25. The van der Waals surface area contributed by atoms with Gasteiger partial charge in [0.25, 0.3) is 0 Å². The Labute approximate surface area is 77.2 Å². The Morgan fingerprint density at radius 3 is 2.85 bits per heavy atom. The first-order valence-electron chi connectivity index (χ1n) is 4.28. The molecule has 0 saturated heterocycles. The fourth-order valence-electron chi connectivity index (χ4n) is 0.942. The highest BCUT2D eigenvalue weighted by molar-refractivity contribution is 5.17. The lowest BCUT2D eigenvalue weighted by Crippen LogP contribution is -2.16. The molecule has 1 rings (SSSR count). The zero-order chi connectivity index (χ0) is 9.52. The Bertz CT molecular complexity index is 236. The van der Waals surface area contributed by atoms with E-state index in [9.17, 15) is 0 Å². The fraction of sp³-hybridized carbons (Fsp3) is 0.444. The van der Waals surface area contributed by atoms with Crippen molar-refractivity contribution in [1.29, 1.82) is 0 Å². The summed E-state index contributed by atoms with van der Waals surface area (Å²) >= 11 is 0. The summed E-state index contributed by atoms with van der Waals surface area (Å²) in [5.74, 6) is 0.180. The topological polar surface area (TPSA) is 65.4 Å². The van der Waals surface area contributed by atoms with Crippen LogP contribution in [0.15, 0.2) is 18.3 Å². The van der Waals surface area contributed by atoms with Gasteiger partial charge in [0.2, 0.25) is 0 Å². The lowest BCUT2D eigenvalue weighted by atomic mass is 10.3. The number of hydrogen-bond acceptors (Lipinski definition) is 4. The molecule has 0 aliphatic rings. The van der Waals surface area contributed by atoms with Crippen LogP contribution in [-0.2, 0) is 6.54 Å². The molecule has 0 aliphatic heterocycles. The number of aliphatic hydroxyl groups is 1. The molecule has 72 valence electrons. The molecule has 0 aromatic carbocycles. The average molecular weight is 182 g/mol. The molecule has 4 nitrogen and oxygen atoms in total. The molecular weight excluding hydrogens is 168 g/mol. The highest BCUT2D eigenvalue weighted by Gasteiger charge is 1.93. The van der Waals surface area contributed by atoms with Crippen LogP contribution in [0.2, 0.25) is 0 Å². The van der Waals surface area contributed by atoms with Gasteiger partial charge in [0.1, 0.15) is 5.75 Å². The number of aromatic nitrogens is 1. The van der Waals surface area contributed by atoms with Crippen molar-refractivity contribution in [2.45, 2.75) is 13.0 Å². The second-order valence-electron chi connectivity index (χ2n) is 2.76. The van der Waals surface area contributed by atoms with Crippen molar-refractivity contribution >= 4 is 0 Å². The van der Waals surface area contributed by atoms with E-state index in [1.54, 1.807) is 12.1 Å². The van der Waals surface area contributed by atoms with Crippen LogP contribution < -0.4 is 5.32 Å². The predicted molar refractivity (Wildman–Crippen MR) is 49.3 cm³/mol. The van der Waals surface area contributed by atoms with E-state index in [4.69, 9.17) is 10.2 Å². The van der Waals surface area contributed by atoms with Crippen molar-refractivity contribution in [2.75, 3.05) is 13.2 Å². The first kappa shape index (κ1) is 9.95. The van der Waals surface area contributed by atoms with Crippen molar-refractivity contribution in [3.63, 3.8) is 0 Å². The summed E-state index contributed by atoms with van der Waals surface area (Å²) in [5, 5.41) is 20.6. The number of nitrogens with zero attached hydrogens (tertiary/aromatic N) is 1. The molecule has 0 bridgehead atoms. The van der Waals surface area contributed by atoms with Gasteiger partial charge in [-0.05, 0) is 25.1 Å². The Morgan fingerprint density at radius 2 is 2.23 bits per heavy atom. The minimum atomic E-state index is 0.180. The lowest BCUT2D eigenvalue weighted by Gasteiger charge is -2.02. The van der Waals surface area contributed by atoms with E-state index in [0.717, 1.165) is 18.7 Å². The van der Waals surface area contributed by atoms with Gasteiger partial charge < -0.3 is 15.5 Å². The zero-order valence-corrected chi connectivity index (χ0v) is 7.40. The van der Waals surface area contributed by atoms with Crippen LogP contribution in [0.3, 0.4) is 0 Å². The maximum atomic E-state index is 8.95. The number of nitrogens with one attached hydrogen (secondary N) is 1. The van der Waals surface area contributed by atoms with Crippen molar-refractivity contribution < 1.29 is 10.2 Å². The summed E-state index contributed by atoms with van der Waals surface area (Å²) in [6, 6.07) is 3.37. The first-order valence-corrected chi connectivity index (χ1v) is 4.28. The lowest BCUT2D eigenvalue weighted by molar-refractivity contribution is 0.286. The maximum Gasteiger partial charge on any atom is 0.133 e. The Kier molecular flexibility index (Phi) is 4.21. The van der Waals surface area contributed by atoms with Crippen LogP contribution in [0.4, 0.5) is 0 Å². The van der Waals surface area contributed by atoms with Crippen LogP contribution >= 0.6 is 0 Å². The van der Waals surface area contributed by atoms with E-state index in [2.05, 4.69) is 10.3 Å². The van der Waals surface area contributed by atoms with E-state index in [0.29, 0.717) is 6.54 Å². The minimum absolute atomic E-state index is 0.180. The second-order valence-corrected chi connectivity index (χ2v) is 2.76. The van der Waals surface area contributed by atoms with Gasteiger partial charge in [-0.2, -0.15) is 0 Å². The molecule has 1 aromatic heterocycles. The molecule has 0 radical (unpaired) electrons. The Hall–Kier alpha value is -1.13. The number of aromatic hydroxyl groups is 1. The van der Waals surface area contributed by atoms with E-state index in [-0.39, 0.29) is 12.4 Å². The summed E-state index contributed by atoms with van der Waals surface area (Å²) < 4.78 is 0. The molecule has 0 unspecified atom stereocenters. The van der Waals surface area contributed by atoms with Crippen LogP contribution in [-0.4, -0.2) is 28.3 Å². The molecule has 1 aromatic rings. The summed E-state index contributed by atoms with van der Waals surface area (Å²) in [5.41, 5.74) is 0.885. The maximum absolute atomic E-state index is 8.95. The summed E-state index contributed by atoms with van der Waals surface area (Å²) in [7, 11) is 0. The number of hydrogen-bond donors (Lipinski definition) is 3. The van der Waals surface area contributed by atoms with Crippen molar-refractivity contribution in [1.82, 2.24) is 10.3 Å². The molecule has 0 fully saturated rings. The van der Waals surface area contributed by atoms with E-state index < -0.39 is 0 Å². The third kappa shape index (κ3) is 3.87. The van der Waals surface area contributed by atoms with E-state index in [1.807, 2.05) is 0 Å². The first-order chi connectivity index (χ1) is 6.33. The predicted octanol–water partition coefficient (Wildman–Crippen LogP) is 0.259. The molecule has 0 aliphatic carbocycles. The zero-order valence-electron chi connectivity index (χ0n) is 7.40. The normalized spacial score (nSPS) is 10.2. The summed E-state index contributed by atoms with van der Waals surface area (Å²) in [4.78, 5) is 4.00. The molecule has 0 amide bonds. The van der Waals surface area contributed by atoms with Crippen LogP contribution in [0.1, 0.15) is 12.1 Å². The molecule has 13 heavy (non-hydrogen) atoms. The van der Waals surface area contributed by atoms with Gasteiger partial charge in [0, 0.05) is 13.2 Å². The summed E-state index contributed by atoms with van der Waals surface area (Å²) in [6.07, 6.45) is 2.17. The monoisotopic (exact) mass is 182 g/mol. The molecule has 1 heterocycles. The number of aliphatic hydroxyl groups excluding tert-OH is 1. The highest BCUT2D eigenvalue weighted by atomic mass is 16.3. The molecule has 0 atom stereocenters. The highest BCUT2D eigenvalue weighted by Crippen LogP contribution is 2.05. The van der Waals surface area contributed by atoms with Crippen LogP contribution in [0, 0.1) is 0 Å².